The van der Waals surface area contributed by atoms with E-state index in [1.165, 1.54) is 56.5 Å². The molecule has 1 aliphatic heterocycles. The summed E-state index contributed by atoms with van der Waals surface area (Å²) < 4.78 is 2.66. The number of aromatic nitrogens is 2. The second-order valence-electron chi connectivity index (χ2n) is 6.55. The lowest BCUT2D eigenvalue weighted by molar-refractivity contribution is 0.261. The second kappa shape index (κ2) is 6.30. The molecule has 0 atom stereocenters. The van der Waals surface area contributed by atoms with Gasteiger partial charge in [0.05, 0.1) is 5.69 Å². The zero-order chi connectivity index (χ0) is 13.9. The predicted molar refractivity (Wildman–Crippen MR) is 82.9 cm³/mol. The van der Waals surface area contributed by atoms with E-state index in [1.807, 2.05) is 0 Å². The molecule has 0 aromatic carbocycles. The maximum Gasteiger partial charge on any atom is 0.109 e. The fraction of sp³-hybridized carbons (Fsp3) is 0.824. The van der Waals surface area contributed by atoms with Crippen molar-refractivity contribution in [3.63, 3.8) is 0 Å². The standard InChI is InChI=1S/C17H29N3/c1-3-5-17-19-15-12-18-11-10-16(15)20(17)14-8-6-13(4-2)7-9-14/h13-14,18H,3-12H2,1-2H3. The van der Waals surface area contributed by atoms with Crippen molar-refractivity contribution in [2.45, 2.75) is 77.8 Å². The molecule has 3 nitrogen and oxygen atoms in total. The van der Waals surface area contributed by atoms with Crippen LogP contribution in [0.3, 0.4) is 0 Å². The Labute approximate surface area is 123 Å². The summed E-state index contributed by atoms with van der Waals surface area (Å²) in [6.45, 7) is 6.71. The van der Waals surface area contributed by atoms with Crippen LogP contribution in [0, 0.1) is 5.92 Å². The third kappa shape index (κ3) is 2.65. The van der Waals surface area contributed by atoms with Gasteiger partial charge in [-0.05, 0) is 38.0 Å². The molecule has 1 aromatic rings. The van der Waals surface area contributed by atoms with Crippen molar-refractivity contribution in [3.05, 3.63) is 17.2 Å². The average molecular weight is 275 g/mol. The van der Waals surface area contributed by atoms with Crippen molar-refractivity contribution in [2.24, 2.45) is 5.92 Å². The van der Waals surface area contributed by atoms with E-state index in [0.717, 1.165) is 31.5 Å². The lowest BCUT2D eigenvalue weighted by Crippen LogP contribution is -2.27. The topological polar surface area (TPSA) is 29.9 Å². The Morgan fingerprint density at radius 1 is 1.20 bits per heavy atom. The Kier molecular flexibility index (Phi) is 4.45. The van der Waals surface area contributed by atoms with Gasteiger partial charge in [0.1, 0.15) is 5.82 Å². The zero-order valence-corrected chi connectivity index (χ0v) is 13.1. The number of aryl methyl sites for hydroxylation is 1. The zero-order valence-electron chi connectivity index (χ0n) is 13.1. The summed E-state index contributed by atoms with van der Waals surface area (Å²) in [4.78, 5) is 4.96. The summed E-state index contributed by atoms with van der Waals surface area (Å²) in [5.74, 6) is 2.34. The van der Waals surface area contributed by atoms with Crippen LogP contribution in [0.5, 0.6) is 0 Å². The van der Waals surface area contributed by atoms with E-state index < -0.39 is 0 Å². The van der Waals surface area contributed by atoms with Crippen LogP contribution in [0.1, 0.15) is 75.6 Å². The highest BCUT2D eigenvalue weighted by molar-refractivity contribution is 5.21. The normalized spacial score (nSPS) is 26.5. The Morgan fingerprint density at radius 2 is 2.00 bits per heavy atom. The highest BCUT2D eigenvalue weighted by Crippen LogP contribution is 2.36. The lowest BCUT2D eigenvalue weighted by atomic mass is 9.84. The number of nitrogens with zero attached hydrogens (tertiary/aromatic N) is 2. The van der Waals surface area contributed by atoms with Crippen LogP contribution >= 0.6 is 0 Å². The summed E-state index contributed by atoms with van der Waals surface area (Å²) >= 11 is 0. The van der Waals surface area contributed by atoms with Gasteiger partial charge >= 0.3 is 0 Å². The molecule has 1 fully saturated rings. The maximum atomic E-state index is 4.96. The number of nitrogens with one attached hydrogen (secondary N) is 1. The van der Waals surface area contributed by atoms with E-state index in [2.05, 4.69) is 23.7 Å². The van der Waals surface area contributed by atoms with Crippen molar-refractivity contribution in [3.8, 4) is 0 Å². The van der Waals surface area contributed by atoms with Gasteiger partial charge in [0.2, 0.25) is 0 Å². The predicted octanol–water partition coefficient (Wildman–Crippen LogP) is 3.62. The molecule has 1 N–H and O–H groups in total. The molecular formula is C17H29N3. The molecule has 0 spiro atoms. The SMILES string of the molecule is CCCc1nc2c(n1C1CCC(CC)CC1)CCNC2. The fourth-order valence-corrected chi connectivity index (χ4v) is 4.03. The minimum atomic E-state index is 0.730. The molecule has 0 amide bonds. The molecule has 2 aliphatic rings. The molecule has 20 heavy (non-hydrogen) atoms. The minimum Gasteiger partial charge on any atom is -0.329 e. The molecule has 3 rings (SSSR count). The van der Waals surface area contributed by atoms with E-state index in [9.17, 15) is 0 Å². The van der Waals surface area contributed by atoms with E-state index in [-0.39, 0.29) is 0 Å². The molecule has 0 unspecified atom stereocenters. The van der Waals surface area contributed by atoms with Crippen molar-refractivity contribution in [2.75, 3.05) is 6.54 Å². The van der Waals surface area contributed by atoms with E-state index in [0.29, 0.717) is 0 Å². The number of fused-ring (bicyclic) bond motifs is 1. The Hall–Kier alpha value is -0.830. The van der Waals surface area contributed by atoms with Gasteiger partial charge in [-0.15, -0.1) is 0 Å². The lowest BCUT2D eigenvalue weighted by Gasteiger charge is -2.31. The second-order valence-corrected chi connectivity index (χ2v) is 6.55. The highest BCUT2D eigenvalue weighted by atomic mass is 15.1. The van der Waals surface area contributed by atoms with Crippen LogP contribution in [0.25, 0.3) is 0 Å². The third-order valence-electron chi connectivity index (χ3n) is 5.23. The number of rotatable bonds is 4. The quantitative estimate of drug-likeness (QED) is 0.909. The van der Waals surface area contributed by atoms with Crippen LogP contribution < -0.4 is 5.32 Å². The van der Waals surface area contributed by atoms with Crippen LogP contribution in [0.2, 0.25) is 0 Å². The largest absolute Gasteiger partial charge is 0.329 e. The molecule has 0 saturated heterocycles. The van der Waals surface area contributed by atoms with E-state index >= 15 is 0 Å². The van der Waals surface area contributed by atoms with Crippen LogP contribution in [0.15, 0.2) is 0 Å². The van der Waals surface area contributed by atoms with Crippen LogP contribution in [0.4, 0.5) is 0 Å². The van der Waals surface area contributed by atoms with Crippen molar-refractivity contribution >= 4 is 0 Å². The first kappa shape index (κ1) is 14.1. The molecule has 1 aromatic heterocycles. The van der Waals surface area contributed by atoms with Gasteiger partial charge in [-0.25, -0.2) is 4.98 Å². The molecule has 1 saturated carbocycles. The molecule has 112 valence electrons. The Bertz CT molecular complexity index is 441. The number of hydrogen-bond donors (Lipinski definition) is 1. The van der Waals surface area contributed by atoms with Crippen LogP contribution in [-0.2, 0) is 19.4 Å². The first-order valence-corrected chi connectivity index (χ1v) is 8.63. The summed E-state index contributed by atoms with van der Waals surface area (Å²) in [5, 5.41) is 3.47. The van der Waals surface area contributed by atoms with Gasteiger partial charge in [0.25, 0.3) is 0 Å². The Balaban J connectivity index is 1.85. The van der Waals surface area contributed by atoms with Gasteiger partial charge in [-0.1, -0.05) is 20.3 Å². The van der Waals surface area contributed by atoms with Crippen molar-refractivity contribution in [1.29, 1.82) is 0 Å². The van der Waals surface area contributed by atoms with Gasteiger partial charge in [0.15, 0.2) is 0 Å². The van der Waals surface area contributed by atoms with E-state index in [1.54, 1.807) is 5.69 Å². The first-order valence-electron chi connectivity index (χ1n) is 8.63. The minimum absolute atomic E-state index is 0.730. The van der Waals surface area contributed by atoms with Crippen molar-refractivity contribution in [1.82, 2.24) is 14.9 Å². The molecule has 0 radical (unpaired) electrons. The maximum absolute atomic E-state index is 4.96. The Morgan fingerprint density at radius 3 is 2.70 bits per heavy atom. The number of hydrogen-bond acceptors (Lipinski definition) is 2. The molecule has 2 heterocycles. The van der Waals surface area contributed by atoms with Gasteiger partial charge in [0, 0.05) is 37.7 Å². The molecule has 0 bridgehead atoms. The van der Waals surface area contributed by atoms with Gasteiger partial charge in [-0.3, -0.25) is 0 Å². The summed E-state index contributed by atoms with van der Waals surface area (Å²) in [7, 11) is 0. The highest BCUT2D eigenvalue weighted by Gasteiger charge is 2.27. The van der Waals surface area contributed by atoms with Crippen molar-refractivity contribution < 1.29 is 0 Å². The average Bonchev–Trinajstić information content (AvgIpc) is 2.86. The number of imidazole rings is 1. The third-order valence-corrected chi connectivity index (χ3v) is 5.23. The molecule has 1 aliphatic carbocycles. The summed E-state index contributed by atoms with van der Waals surface area (Å²) in [5.41, 5.74) is 2.88. The molecule has 3 heteroatoms. The van der Waals surface area contributed by atoms with Crippen LogP contribution in [-0.4, -0.2) is 16.1 Å². The smallest absolute Gasteiger partial charge is 0.109 e. The van der Waals surface area contributed by atoms with Gasteiger partial charge in [-0.2, -0.15) is 0 Å². The van der Waals surface area contributed by atoms with E-state index in [4.69, 9.17) is 4.98 Å². The summed E-state index contributed by atoms with van der Waals surface area (Å²) in [6.07, 6.45) is 10.4. The summed E-state index contributed by atoms with van der Waals surface area (Å²) in [6, 6.07) is 0.730. The first-order chi connectivity index (χ1) is 9.83. The monoisotopic (exact) mass is 275 g/mol. The molecular weight excluding hydrogens is 246 g/mol. The fourth-order valence-electron chi connectivity index (χ4n) is 4.03. The van der Waals surface area contributed by atoms with Gasteiger partial charge < -0.3 is 9.88 Å².